The van der Waals surface area contributed by atoms with E-state index in [1.54, 1.807) is 12.1 Å². The molecule has 0 unspecified atom stereocenters. The summed E-state index contributed by atoms with van der Waals surface area (Å²) in [5.74, 6) is -0.177. The Morgan fingerprint density at radius 2 is 1.96 bits per heavy atom. The lowest BCUT2D eigenvalue weighted by atomic mass is 9.79. The molecule has 2 aliphatic rings. The van der Waals surface area contributed by atoms with Crippen LogP contribution in [0.5, 0.6) is 0 Å². The van der Waals surface area contributed by atoms with Crippen LogP contribution in [0.2, 0.25) is 0 Å². The van der Waals surface area contributed by atoms with Crippen molar-refractivity contribution in [1.82, 2.24) is 5.32 Å². The summed E-state index contributed by atoms with van der Waals surface area (Å²) in [5.41, 5.74) is 7.46. The van der Waals surface area contributed by atoms with Crippen molar-refractivity contribution in [3.63, 3.8) is 0 Å². The highest BCUT2D eigenvalue weighted by molar-refractivity contribution is 5.99. The highest BCUT2D eigenvalue weighted by Crippen LogP contribution is 2.31. The van der Waals surface area contributed by atoms with Gasteiger partial charge in [0.15, 0.2) is 0 Å². The van der Waals surface area contributed by atoms with Crippen molar-refractivity contribution in [2.45, 2.75) is 38.6 Å². The zero-order valence-electron chi connectivity index (χ0n) is 14.5. The summed E-state index contributed by atoms with van der Waals surface area (Å²) in [4.78, 5) is 25.0. The van der Waals surface area contributed by atoms with E-state index in [-0.39, 0.29) is 24.2 Å². The molecule has 1 aromatic carbocycles. The zero-order valence-corrected chi connectivity index (χ0v) is 15.3. The minimum atomic E-state index is -0.586. The van der Waals surface area contributed by atoms with Gasteiger partial charge in [0.2, 0.25) is 5.91 Å². The molecular weight excluding hydrogens is 342 g/mol. The first kappa shape index (κ1) is 19.7. The van der Waals surface area contributed by atoms with Crippen LogP contribution < -0.4 is 16.4 Å². The quantitative estimate of drug-likeness (QED) is 0.742. The van der Waals surface area contributed by atoms with E-state index in [1.165, 1.54) is 0 Å². The number of halogens is 1. The third-order valence-electron chi connectivity index (χ3n) is 4.98. The lowest BCUT2D eigenvalue weighted by Gasteiger charge is -2.34. The second-order valence-electron chi connectivity index (χ2n) is 6.83. The number of hydrogen-bond acceptors (Lipinski definition) is 4. The van der Waals surface area contributed by atoms with Crippen molar-refractivity contribution < 1.29 is 14.3 Å². The largest absolute Gasteiger partial charge is 0.381 e. The van der Waals surface area contributed by atoms with E-state index in [2.05, 4.69) is 10.6 Å². The molecule has 0 atom stereocenters. The first-order valence-corrected chi connectivity index (χ1v) is 8.55. The molecule has 0 bridgehead atoms. The molecule has 2 fully saturated rings. The molecule has 3 rings (SSSR count). The average molecular weight is 368 g/mol. The Labute approximate surface area is 154 Å². The summed E-state index contributed by atoms with van der Waals surface area (Å²) in [6.07, 6.45) is 3.33. The lowest BCUT2D eigenvalue weighted by Crippen LogP contribution is -2.46. The number of benzene rings is 1. The second kappa shape index (κ2) is 8.17. The predicted molar refractivity (Wildman–Crippen MR) is 99.1 cm³/mol. The summed E-state index contributed by atoms with van der Waals surface area (Å²) >= 11 is 0. The van der Waals surface area contributed by atoms with Crippen LogP contribution >= 0.6 is 12.4 Å². The van der Waals surface area contributed by atoms with Crippen LogP contribution in [-0.2, 0) is 9.53 Å². The Kier molecular flexibility index (Phi) is 6.43. The molecule has 1 saturated carbocycles. The van der Waals surface area contributed by atoms with Crippen molar-refractivity contribution in [2.24, 2.45) is 11.1 Å². The van der Waals surface area contributed by atoms with Crippen molar-refractivity contribution >= 4 is 29.9 Å². The number of hydrogen-bond donors (Lipinski definition) is 3. The number of nitrogens with one attached hydrogen (secondary N) is 2. The summed E-state index contributed by atoms with van der Waals surface area (Å²) in [5, 5.41) is 5.95. The van der Waals surface area contributed by atoms with Crippen LogP contribution in [0.3, 0.4) is 0 Å². The van der Waals surface area contributed by atoms with E-state index in [4.69, 9.17) is 10.5 Å². The molecule has 7 heteroatoms. The predicted octanol–water partition coefficient (Wildman–Crippen LogP) is 2.00. The normalized spacial score (nSPS) is 18.8. The molecule has 1 aromatic rings. The number of aryl methyl sites for hydroxylation is 1. The highest BCUT2D eigenvalue weighted by Gasteiger charge is 2.39. The Balaban J connectivity index is 0.00000225. The fourth-order valence-electron chi connectivity index (χ4n) is 2.94. The Morgan fingerprint density at radius 1 is 1.28 bits per heavy atom. The van der Waals surface area contributed by atoms with E-state index in [1.807, 2.05) is 13.0 Å². The highest BCUT2D eigenvalue weighted by atomic mass is 35.5. The van der Waals surface area contributed by atoms with Crippen LogP contribution in [0.4, 0.5) is 5.69 Å². The van der Waals surface area contributed by atoms with Gasteiger partial charge in [0.25, 0.3) is 5.91 Å². The van der Waals surface area contributed by atoms with Crippen LogP contribution in [0.1, 0.15) is 41.6 Å². The third kappa shape index (κ3) is 4.51. The van der Waals surface area contributed by atoms with Crippen LogP contribution in [-0.4, -0.2) is 37.6 Å². The van der Waals surface area contributed by atoms with Gasteiger partial charge < -0.3 is 21.1 Å². The minimum Gasteiger partial charge on any atom is -0.381 e. The summed E-state index contributed by atoms with van der Waals surface area (Å²) in [7, 11) is 0. The molecule has 6 nitrogen and oxygen atoms in total. The number of nitrogens with two attached hydrogens (primary N) is 1. The zero-order chi connectivity index (χ0) is 17.2. The molecule has 4 N–H and O–H groups in total. The molecular formula is C18H26ClN3O3. The molecule has 0 aromatic heterocycles. The van der Waals surface area contributed by atoms with Gasteiger partial charge in [-0.05, 0) is 50.3 Å². The van der Waals surface area contributed by atoms with Gasteiger partial charge in [0.05, 0.1) is 5.41 Å². The molecule has 2 amide bonds. The van der Waals surface area contributed by atoms with E-state index < -0.39 is 5.41 Å². The van der Waals surface area contributed by atoms with E-state index >= 15 is 0 Å². The Hall–Kier alpha value is -1.63. The first-order chi connectivity index (χ1) is 11.5. The van der Waals surface area contributed by atoms with Gasteiger partial charge in [-0.3, -0.25) is 9.59 Å². The van der Waals surface area contributed by atoms with Crippen LogP contribution in [0.15, 0.2) is 18.2 Å². The van der Waals surface area contributed by atoms with Gasteiger partial charge in [-0.1, -0.05) is 6.07 Å². The van der Waals surface area contributed by atoms with Gasteiger partial charge in [-0.2, -0.15) is 0 Å². The molecule has 1 saturated heterocycles. The standard InChI is InChI=1S/C18H25N3O3.ClH/c1-12-2-3-13(16(22)20-14-4-5-14)10-15(12)21-17(23)18(11-19)6-8-24-9-7-18;/h2-3,10,14H,4-9,11,19H2,1H3,(H,20,22)(H,21,23);1H. The molecule has 0 spiro atoms. The maximum Gasteiger partial charge on any atom is 0.251 e. The molecule has 1 aliphatic carbocycles. The number of carbonyl (C=O) groups is 2. The molecule has 25 heavy (non-hydrogen) atoms. The summed E-state index contributed by atoms with van der Waals surface area (Å²) in [6, 6.07) is 5.69. The molecule has 0 radical (unpaired) electrons. The smallest absolute Gasteiger partial charge is 0.251 e. The number of amides is 2. The topological polar surface area (TPSA) is 93.5 Å². The Morgan fingerprint density at radius 3 is 2.56 bits per heavy atom. The fourth-order valence-corrected chi connectivity index (χ4v) is 2.94. The van der Waals surface area contributed by atoms with E-state index in [0.29, 0.717) is 49.9 Å². The number of rotatable bonds is 5. The second-order valence-corrected chi connectivity index (χ2v) is 6.83. The maximum atomic E-state index is 12.8. The monoisotopic (exact) mass is 367 g/mol. The third-order valence-corrected chi connectivity index (χ3v) is 4.98. The van der Waals surface area contributed by atoms with E-state index in [0.717, 1.165) is 18.4 Å². The van der Waals surface area contributed by atoms with Gasteiger partial charge in [-0.25, -0.2) is 0 Å². The average Bonchev–Trinajstić information content (AvgIpc) is 3.41. The van der Waals surface area contributed by atoms with Gasteiger partial charge in [-0.15, -0.1) is 12.4 Å². The fraction of sp³-hybridized carbons (Fsp3) is 0.556. The van der Waals surface area contributed by atoms with Crippen molar-refractivity contribution in [3.05, 3.63) is 29.3 Å². The molecule has 1 aliphatic heterocycles. The van der Waals surface area contributed by atoms with Gasteiger partial charge >= 0.3 is 0 Å². The van der Waals surface area contributed by atoms with Crippen LogP contribution in [0.25, 0.3) is 0 Å². The Bertz CT molecular complexity index is 640. The van der Waals surface area contributed by atoms with E-state index in [9.17, 15) is 9.59 Å². The van der Waals surface area contributed by atoms with Gasteiger partial charge in [0, 0.05) is 37.1 Å². The van der Waals surface area contributed by atoms with Crippen molar-refractivity contribution in [1.29, 1.82) is 0 Å². The van der Waals surface area contributed by atoms with Crippen molar-refractivity contribution in [3.8, 4) is 0 Å². The van der Waals surface area contributed by atoms with Crippen LogP contribution in [0, 0.1) is 12.3 Å². The molecule has 1 heterocycles. The number of carbonyl (C=O) groups excluding carboxylic acids is 2. The minimum absolute atomic E-state index is 0. The summed E-state index contributed by atoms with van der Waals surface area (Å²) < 4.78 is 5.36. The number of ether oxygens (including phenoxy) is 1. The lowest BCUT2D eigenvalue weighted by molar-refractivity contribution is -0.130. The number of anilines is 1. The summed E-state index contributed by atoms with van der Waals surface area (Å²) in [6.45, 7) is 3.31. The maximum absolute atomic E-state index is 12.8. The molecule has 138 valence electrons. The van der Waals surface area contributed by atoms with Crippen molar-refractivity contribution in [2.75, 3.05) is 25.1 Å². The first-order valence-electron chi connectivity index (χ1n) is 8.55. The van der Waals surface area contributed by atoms with Gasteiger partial charge in [0.1, 0.15) is 0 Å². The SMILES string of the molecule is Cc1ccc(C(=O)NC2CC2)cc1NC(=O)C1(CN)CCOCC1.Cl.